The molecule has 168 valence electrons. The molecule has 1 saturated heterocycles. The fraction of sp³-hybridized carbons (Fsp3) is 0.542. The summed E-state index contributed by atoms with van der Waals surface area (Å²) in [7, 11) is 0. The average molecular weight is 449 g/mol. The second kappa shape index (κ2) is 9.35. The molecule has 1 aromatic heterocycles. The van der Waals surface area contributed by atoms with E-state index in [1.807, 2.05) is 13.8 Å². The van der Waals surface area contributed by atoms with Gasteiger partial charge in [-0.05, 0) is 62.8 Å². The molecule has 1 amide bonds. The Bertz CT molecular complexity index is 922. The summed E-state index contributed by atoms with van der Waals surface area (Å²) in [5, 5.41) is 2.85. The zero-order valence-corrected chi connectivity index (χ0v) is 18.9. The minimum Gasteiger partial charge on any atom is -0.369 e. The van der Waals surface area contributed by atoms with Gasteiger partial charge in [0.05, 0.1) is 12.5 Å². The highest BCUT2D eigenvalue weighted by molar-refractivity contribution is 7.10. The summed E-state index contributed by atoms with van der Waals surface area (Å²) in [6.07, 6.45) is 2.68. The van der Waals surface area contributed by atoms with Gasteiger partial charge < -0.3 is 15.0 Å². The fourth-order valence-electron chi connectivity index (χ4n) is 4.74. The molecule has 2 aliphatic rings. The smallest absolute Gasteiger partial charge is 0.224 e. The third-order valence-corrected chi connectivity index (χ3v) is 7.46. The Morgan fingerprint density at radius 2 is 2.00 bits per heavy atom. The Kier molecular flexibility index (Phi) is 6.74. The number of likely N-dealkylation sites (tertiary alicyclic amines) is 1. The fourth-order valence-corrected chi connectivity index (χ4v) is 5.88. The van der Waals surface area contributed by atoms with Crippen LogP contribution in [0.4, 0.5) is 8.78 Å². The molecule has 1 fully saturated rings. The number of halogens is 2. The maximum atomic E-state index is 14.2. The van der Waals surface area contributed by atoms with Gasteiger partial charge in [0.1, 0.15) is 11.4 Å². The quantitative estimate of drug-likeness (QED) is 0.718. The lowest BCUT2D eigenvalue weighted by atomic mass is 9.85. The van der Waals surface area contributed by atoms with E-state index in [0.717, 1.165) is 42.8 Å². The standard InChI is InChI=1S/C24H30F2N2O2S/c1-16(2)27-23(29)19(13-17-5-3-4-6-20(17)25)15-28-10-8-24(9-11-28)22-18(7-12-30-24)14-21(26)31-22/h3-6,14,16,19H,7-13,15H2,1-2H3,(H,27,29)/t19-/m0/s1. The summed E-state index contributed by atoms with van der Waals surface area (Å²) in [4.78, 5) is 16.2. The molecule has 31 heavy (non-hydrogen) atoms. The van der Waals surface area contributed by atoms with E-state index in [-0.39, 0.29) is 28.8 Å². The third-order valence-electron chi connectivity index (χ3n) is 6.31. The van der Waals surface area contributed by atoms with E-state index >= 15 is 0 Å². The number of piperidine rings is 1. The lowest BCUT2D eigenvalue weighted by molar-refractivity contribution is -0.127. The van der Waals surface area contributed by atoms with Gasteiger partial charge in [0.2, 0.25) is 5.91 Å². The van der Waals surface area contributed by atoms with Gasteiger partial charge in [0.25, 0.3) is 0 Å². The number of nitrogens with zero attached hydrogens (tertiary/aromatic N) is 1. The van der Waals surface area contributed by atoms with Crippen molar-refractivity contribution in [3.8, 4) is 0 Å². The third kappa shape index (κ3) is 4.99. The number of carbonyl (C=O) groups excluding carboxylic acids is 1. The van der Waals surface area contributed by atoms with Gasteiger partial charge in [-0.15, -0.1) is 11.3 Å². The molecular formula is C24H30F2N2O2S. The number of rotatable bonds is 6. The number of carbonyl (C=O) groups is 1. The summed E-state index contributed by atoms with van der Waals surface area (Å²) in [6.45, 7) is 6.58. The summed E-state index contributed by atoms with van der Waals surface area (Å²) < 4.78 is 34.3. The molecule has 1 atom stereocenters. The second-order valence-electron chi connectivity index (χ2n) is 8.95. The van der Waals surface area contributed by atoms with Crippen molar-refractivity contribution in [3.05, 3.63) is 57.3 Å². The number of nitrogens with one attached hydrogen (secondary N) is 1. The van der Waals surface area contributed by atoms with Gasteiger partial charge >= 0.3 is 0 Å². The number of fused-ring (bicyclic) bond motifs is 2. The van der Waals surface area contributed by atoms with E-state index in [2.05, 4.69) is 10.2 Å². The Balaban J connectivity index is 1.45. The number of ether oxygens (including phenoxy) is 1. The number of hydrogen-bond acceptors (Lipinski definition) is 4. The molecule has 1 N–H and O–H groups in total. The lowest BCUT2D eigenvalue weighted by Crippen LogP contribution is -2.49. The topological polar surface area (TPSA) is 41.6 Å². The van der Waals surface area contributed by atoms with Crippen molar-refractivity contribution in [2.75, 3.05) is 26.2 Å². The highest BCUT2D eigenvalue weighted by atomic mass is 32.1. The summed E-state index contributed by atoms with van der Waals surface area (Å²) in [5.41, 5.74) is 1.24. The first-order valence-electron chi connectivity index (χ1n) is 11.0. The van der Waals surface area contributed by atoms with Crippen molar-refractivity contribution in [3.63, 3.8) is 0 Å². The molecule has 4 nitrogen and oxygen atoms in total. The molecule has 2 aliphatic heterocycles. The zero-order chi connectivity index (χ0) is 22.0. The molecule has 4 rings (SSSR count). The highest BCUT2D eigenvalue weighted by Crippen LogP contribution is 2.45. The van der Waals surface area contributed by atoms with Crippen molar-refractivity contribution in [1.82, 2.24) is 10.2 Å². The maximum absolute atomic E-state index is 14.2. The van der Waals surface area contributed by atoms with Gasteiger partial charge in [-0.3, -0.25) is 4.79 Å². The normalized spacial score (nSPS) is 19.4. The van der Waals surface area contributed by atoms with Gasteiger partial charge in [0, 0.05) is 30.6 Å². The van der Waals surface area contributed by atoms with Gasteiger partial charge in [-0.1, -0.05) is 18.2 Å². The van der Waals surface area contributed by atoms with Crippen LogP contribution in [0.1, 0.15) is 42.7 Å². The van der Waals surface area contributed by atoms with Crippen molar-refractivity contribution in [1.29, 1.82) is 0 Å². The minimum atomic E-state index is -0.402. The molecular weight excluding hydrogens is 418 g/mol. The van der Waals surface area contributed by atoms with E-state index in [4.69, 9.17) is 4.74 Å². The van der Waals surface area contributed by atoms with Crippen LogP contribution in [0.5, 0.6) is 0 Å². The van der Waals surface area contributed by atoms with Crippen LogP contribution in [-0.4, -0.2) is 43.1 Å². The average Bonchev–Trinajstić information content (AvgIpc) is 3.12. The SMILES string of the molecule is CC(C)NC(=O)[C@@H](Cc1ccccc1F)CN1CCC2(CC1)OCCc1cc(F)sc12. The molecule has 0 unspecified atom stereocenters. The molecule has 0 saturated carbocycles. The van der Waals surface area contributed by atoms with Crippen molar-refractivity contribution in [2.24, 2.45) is 5.92 Å². The molecule has 0 bridgehead atoms. The minimum absolute atomic E-state index is 0.0306. The second-order valence-corrected chi connectivity index (χ2v) is 9.96. The van der Waals surface area contributed by atoms with E-state index in [1.54, 1.807) is 24.3 Å². The van der Waals surface area contributed by atoms with E-state index in [1.165, 1.54) is 17.4 Å². The van der Waals surface area contributed by atoms with Crippen LogP contribution in [0.25, 0.3) is 0 Å². The van der Waals surface area contributed by atoms with Crippen LogP contribution in [0.15, 0.2) is 30.3 Å². The number of hydrogen-bond donors (Lipinski definition) is 1. The predicted octanol–water partition coefficient (Wildman–Crippen LogP) is 4.27. The van der Waals surface area contributed by atoms with Gasteiger partial charge in [-0.25, -0.2) is 4.39 Å². The van der Waals surface area contributed by atoms with Crippen LogP contribution < -0.4 is 5.32 Å². The van der Waals surface area contributed by atoms with Crippen molar-refractivity contribution >= 4 is 17.2 Å². The Morgan fingerprint density at radius 1 is 1.26 bits per heavy atom. The molecule has 1 spiro atoms. The predicted molar refractivity (Wildman–Crippen MR) is 118 cm³/mol. The largest absolute Gasteiger partial charge is 0.369 e. The summed E-state index contributed by atoms with van der Waals surface area (Å²) in [6, 6.07) is 8.34. The summed E-state index contributed by atoms with van der Waals surface area (Å²) >= 11 is 1.21. The van der Waals surface area contributed by atoms with Crippen LogP contribution >= 0.6 is 11.3 Å². The van der Waals surface area contributed by atoms with Crippen molar-refractivity contribution in [2.45, 2.75) is 51.2 Å². The number of amides is 1. The number of benzene rings is 1. The monoisotopic (exact) mass is 448 g/mol. The summed E-state index contributed by atoms with van der Waals surface area (Å²) in [5.74, 6) is -0.657. The molecule has 7 heteroatoms. The Labute approximate surface area is 186 Å². The van der Waals surface area contributed by atoms with E-state index < -0.39 is 5.60 Å². The maximum Gasteiger partial charge on any atom is 0.224 e. The van der Waals surface area contributed by atoms with E-state index in [0.29, 0.717) is 25.1 Å². The molecule has 0 radical (unpaired) electrons. The lowest BCUT2D eigenvalue weighted by Gasteiger charge is -2.44. The first kappa shape index (κ1) is 22.4. The van der Waals surface area contributed by atoms with Crippen LogP contribution in [0.2, 0.25) is 0 Å². The first-order chi connectivity index (χ1) is 14.9. The van der Waals surface area contributed by atoms with E-state index in [9.17, 15) is 13.6 Å². The van der Waals surface area contributed by atoms with Crippen LogP contribution in [0.3, 0.4) is 0 Å². The van der Waals surface area contributed by atoms with Crippen LogP contribution in [-0.2, 0) is 28.0 Å². The van der Waals surface area contributed by atoms with Crippen LogP contribution in [0, 0.1) is 16.9 Å². The number of thiophene rings is 1. The highest BCUT2D eigenvalue weighted by Gasteiger charge is 2.43. The molecule has 1 aromatic carbocycles. The van der Waals surface area contributed by atoms with Gasteiger partial charge in [0.15, 0.2) is 5.13 Å². The molecule has 0 aliphatic carbocycles. The van der Waals surface area contributed by atoms with Crippen molar-refractivity contribution < 1.29 is 18.3 Å². The zero-order valence-electron chi connectivity index (χ0n) is 18.1. The first-order valence-corrected chi connectivity index (χ1v) is 11.9. The molecule has 2 aromatic rings. The molecule has 3 heterocycles. The Morgan fingerprint density at radius 3 is 2.71 bits per heavy atom. The Hall–Kier alpha value is -1.83. The van der Waals surface area contributed by atoms with Gasteiger partial charge in [-0.2, -0.15) is 4.39 Å².